The highest BCUT2D eigenvalue weighted by Gasteiger charge is 2.30. The normalized spacial score (nSPS) is 11.2. The van der Waals surface area contributed by atoms with Crippen molar-refractivity contribution in [1.29, 1.82) is 0 Å². The number of nitro groups is 1. The SMILES string of the molecule is CN(C)C=O.COc1c(Nc2cc(Cl)nnc2C(=O)O)cccc1-c1ncn(C)n1.Cc1c(Nc2cc(NC(=O)C3CC3)nnc2C(=O)O)cccc1-c1ncn(C)n1.Cc1cc(-c2ncn(C)n2)c(C)c([N+](=O)[O-])c1.Cc1ccc(C)c(-c2ncn(C)n2)c1. The quantitative estimate of drug-likeness (QED) is 0.0364. The number of amides is 2. The molecule has 11 rings (SSSR count). The van der Waals surface area contributed by atoms with Crippen LogP contribution in [0.3, 0.4) is 0 Å². The molecule has 0 unspecified atom stereocenters. The number of carboxylic acids is 2. The summed E-state index contributed by atoms with van der Waals surface area (Å²) in [6, 6.07) is 23.4. The van der Waals surface area contributed by atoms with Crippen molar-refractivity contribution in [3.8, 4) is 51.3 Å². The van der Waals surface area contributed by atoms with Crippen LogP contribution in [0.15, 0.2) is 104 Å². The summed E-state index contributed by atoms with van der Waals surface area (Å²) in [5, 5.41) is 70.2. The number of anilines is 5. The van der Waals surface area contributed by atoms with Crippen LogP contribution in [0, 0.1) is 50.7 Å². The molecular weight excluding hydrogens is 1180 g/mol. The van der Waals surface area contributed by atoms with Crippen molar-refractivity contribution in [2.45, 2.75) is 47.5 Å². The van der Waals surface area contributed by atoms with Crippen molar-refractivity contribution in [3.05, 3.63) is 159 Å². The number of benzene rings is 4. The van der Waals surface area contributed by atoms with Gasteiger partial charge in [-0.15, -0.1) is 20.4 Å². The summed E-state index contributed by atoms with van der Waals surface area (Å²) < 4.78 is 11.9. The van der Waals surface area contributed by atoms with Crippen LogP contribution in [0.4, 0.5) is 34.3 Å². The van der Waals surface area contributed by atoms with E-state index in [4.69, 9.17) is 16.3 Å². The molecule has 0 aliphatic heterocycles. The predicted molar refractivity (Wildman–Crippen MR) is 333 cm³/mol. The summed E-state index contributed by atoms with van der Waals surface area (Å²) in [5.74, 6) is 0.432. The number of aryl methyl sites for hydroxylation is 7. The topological polar surface area (TPSA) is 375 Å². The lowest BCUT2D eigenvalue weighted by Gasteiger charge is -2.14. The van der Waals surface area contributed by atoms with Crippen molar-refractivity contribution in [1.82, 2.24) is 84.4 Å². The van der Waals surface area contributed by atoms with Gasteiger partial charge in [0.1, 0.15) is 25.3 Å². The third kappa shape index (κ3) is 17.4. The lowest BCUT2D eigenvalue weighted by atomic mass is 10.0. The van der Waals surface area contributed by atoms with Crippen molar-refractivity contribution in [2.24, 2.45) is 34.1 Å². The minimum atomic E-state index is -1.23. The first-order valence-electron chi connectivity index (χ1n) is 27.2. The molecule has 0 saturated heterocycles. The summed E-state index contributed by atoms with van der Waals surface area (Å²) in [6.07, 6.45) is 8.93. The zero-order valence-electron chi connectivity index (χ0n) is 51.1. The standard InChI is InChI=1S/C19H19N7O3.C15H13ClN6O3.C11H12N4O2.C11H13N3.C3H7NO/c1-10-12(17-20-9-26(2)25-17)4-3-5-13(10)21-14-8-15(22-18(27)11-6-7-11)23-24-16(14)19(28)29;1-22-7-17-14(21-22)8-4-3-5-9(13(8)25-2)18-10-6-11(16)19-20-12(10)15(23)24;1-7-4-9(11-12-6-14(3)13-11)8(2)10(5-7)15(16)17;1-8-4-5-9(2)10(6-8)11-12-7-14(3)13-11;1-4(2)3-5/h3-5,8-9,11H,6-7H2,1-2H3,(H,28,29)(H2,21,22,23,27);3-7H,1-2H3,(H,18,19)(H,23,24);4-6H,1-3H3;4-7H,1-3H3;3H,1-2H3. The number of para-hydroxylation sites is 1. The van der Waals surface area contributed by atoms with Crippen molar-refractivity contribution >= 4 is 70.1 Å². The van der Waals surface area contributed by atoms with Gasteiger partial charge in [-0.1, -0.05) is 47.5 Å². The van der Waals surface area contributed by atoms with E-state index in [9.17, 15) is 39.5 Å². The van der Waals surface area contributed by atoms with Crippen LogP contribution in [-0.2, 0) is 37.8 Å². The van der Waals surface area contributed by atoms with Crippen LogP contribution in [0.5, 0.6) is 5.75 Å². The lowest BCUT2D eigenvalue weighted by molar-refractivity contribution is -0.385. The van der Waals surface area contributed by atoms with Crippen LogP contribution >= 0.6 is 11.6 Å². The van der Waals surface area contributed by atoms with E-state index >= 15 is 0 Å². The molecule has 5 N–H and O–H groups in total. The molecule has 0 spiro atoms. The minimum Gasteiger partial charge on any atom is -0.494 e. The number of aromatic carboxylic acids is 2. The maximum atomic E-state index is 12.0. The smallest absolute Gasteiger partial charge is 0.358 e. The number of methoxy groups -OCH3 is 1. The molecule has 4 aromatic carbocycles. The Bertz CT molecular complexity index is 4230. The van der Waals surface area contributed by atoms with Gasteiger partial charge in [0, 0.05) is 94.3 Å². The van der Waals surface area contributed by atoms with Gasteiger partial charge in [0.05, 0.1) is 34.7 Å². The number of rotatable bonds is 15. The summed E-state index contributed by atoms with van der Waals surface area (Å²) in [5.41, 5.74) is 9.20. The first-order chi connectivity index (χ1) is 42.8. The fraction of sp³-hybridized carbons (Fsp3) is 0.254. The highest BCUT2D eigenvalue weighted by Crippen LogP contribution is 2.38. The van der Waals surface area contributed by atoms with Gasteiger partial charge in [0.25, 0.3) is 5.69 Å². The van der Waals surface area contributed by atoms with Gasteiger partial charge in [-0.3, -0.25) is 38.4 Å². The van der Waals surface area contributed by atoms with Gasteiger partial charge in [-0.05, 0) is 94.5 Å². The zero-order chi connectivity index (χ0) is 65.5. The molecule has 30 nitrogen and oxygen atoms in total. The number of halogens is 1. The van der Waals surface area contributed by atoms with Crippen molar-refractivity contribution < 1.29 is 39.1 Å². The fourth-order valence-electron chi connectivity index (χ4n) is 8.32. The number of aromatic nitrogens is 16. The highest BCUT2D eigenvalue weighted by molar-refractivity contribution is 6.29. The largest absolute Gasteiger partial charge is 0.494 e. The van der Waals surface area contributed by atoms with Gasteiger partial charge in [-0.25, -0.2) is 29.5 Å². The van der Waals surface area contributed by atoms with E-state index in [-0.39, 0.29) is 56.2 Å². The number of nitrogens with zero attached hydrogens (tertiary/aromatic N) is 18. The molecule has 10 aromatic rings. The monoisotopic (exact) mass is 1250 g/mol. The number of ether oxygens (including phenoxy) is 1. The molecule has 6 aromatic heterocycles. The van der Waals surface area contributed by atoms with Crippen LogP contribution in [-0.4, -0.2) is 145 Å². The molecule has 6 heterocycles. The van der Waals surface area contributed by atoms with Crippen molar-refractivity contribution in [2.75, 3.05) is 37.2 Å². The molecule has 90 heavy (non-hydrogen) atoms. The predicted octanol–water partition coefficient (Wildman–Crippen LogP) is 8.56. The Balaban J connectivity index is 0.000000172. The van der Waals surface area contributed by atoms with Crippen LogP contribution in [0.1, 0.15) is 61.6 Å². The Kier molecular flexibility index (Phi) is 21.9. The summed E-state index contributed by atoms with van der Waals surface area (Å²) in [7, 11) is 12.1. The van der Waals surface area contributed by atoms with E-state index in [1.807, 2.05) is 45.2 Å². The number of hydrogen-bond donors (Lipinski definition) is 5. The second kappa shape index (κ2) is 29.8. The van der Waals surface area contributed by atoms with Gasteiger partial charge < -0.3 is 35.8 Å². The van der Waals surface area contributed by atoms with E-state index in [2.05, 4.69) is 109 Å². The summed E-state index contributed by atoms with van der Waals surface area (Å²) >= 11 is 5.83. The second-order valence-corrected chi connectivity index (χ2v) is 20.9. The first kappa shape index (κ1) is 66.1. The average Bonchev–Trinajstić information content (AvgIpc) is 1.26. The Labute approximate surface area is 520 Å². The van der Waals surface area contributed by atoms with Gasteiger partial charge in [0.15, 0.2) is 51.4 Å². The maximum Gasteiger partial charge on any atom is 0.358 e. The molecule has 0 radical (unpaired) electrons. The van der Waals surface area contributed by atoms with Gasteiger partial charge in [-0.2, -0.15) is 20.4 Å². The van der Waals surface area contributed by atoms with E-state index in [1.54, 1.807) is 110 Å². The van der Waals surface area contributed by atoms with E-state index < -0.39 is 11.9 Å². The van der Waals surface area contributed by atoms with E-state index in [1.165, 1.54) is 35.3 Å². The molecule has 466 valence electrons. The number of carbonyl (C=O) groups is 4. The highest BCUT2D eigenvalue weighted by atomic mass is 35.5. The first-order valence-corrected chi connectivity index (χ1v) is 27.6. The van der Waals surface area contributed by atoms with E-state index in [0.717, 1.165) is 47.3 Å². The molecule has 1 aliphatic rings. The molecule has 1 aliphatic carbocycles. The Morgan fingerprint density at radius 3 is 1.60 bits per heavy atom. The summed E-state index contributed by atoms with van der Waals surface area (Å²) in [6.45, 7) is 9.57. The molecule has 31 heteroatoms. The van der Waals surface area contributed by atoms with Gasteiger partial charge in [0.2, 0.25) is 12.3 Å². The van der Waals surface area contributed by atoms with Crippen LogP contribution in [0.2, 0.25) is 5.15 Å². The molecule has 0 bridgehead atoms. The third-order valence-electron chi connectivity index (χ3n) is 12.9. The number of carboxylic acid groups (broad SMARTS) is 2. The van der Waals surface area contributed by atoms with Crippen LogP contribution in [0.25, 0.3) is 45.6 Å². The molecule has 1 fully saturated rings. The molecular formula is C59H64ClN21O9. The Morgan fingerprint density at radius 1 is 0.622 bits per heavy atom. The molecule has 0 atom stereocenters. The van der Waals surface area contributed by atoms with Crippen LogP contribution < -0.4 is 20.7 Å². The molecule has 1 saturated carbocycles. The number of nitrogens with one attached hydrogen (secondary N) is 3. The lowest BCUT2D eigenvalue weighted by Crippen LogP contribution is -2.16. The fourth-order valence-corrected chi connectivity index (χ4v) is 8.47. The minimum absolute atomic E-state index is 0.00263. The zero-order valence-corrected chi connectivity index (χ0v) is 51.8. The van der Waals surface area contributed by atoms with Gasteiger partial charge >= 0.3 is 11.9 Å². The van der Waals surface area contributed by atoms with E-state index in [0.29, 0.717) is 51.3 Å². The Hall–Kier alpha value is -11.4. The number of nitro benzene ring substituents is 1. The second-order valence-electron chi connectivity index (χ2n) is 20.5. The number of hydrogen-bond acceptors (Lipinski definition) is 21. The Morgan fingerprint density at radius 2 is 1.10 bits per heavy atom. The molecule has 2 amide bonds. The maximum absolute atomic E-state index is 12.0. The summed E-state index contributed by atoms with van der Waals surface area (Å²) in [4.78, 5) is 73.2. The van der Waals surface area contributed by atoms with Crippen molar-refractivity contribution in [3.63, 3.8) is 0 Å². The third-order valence-corrected chi connectivity index (χ3v) is 13.1. The number of carbonyl (C=O) groups excluding carboxylic acids is 2. The average molecular weight is 1250 g/mol.